The molecule has 0 bridgehead atoms. The molecule has 6 nitrogen and oxygen atoms in total. The molecule has 98 valence electrons. The van der Waals surface area contributed by atoms with Crippen molar-refractivity contribution >= 4 is 37.0 Å². The summed E-state index contributed by atoms with van der Waals surface area (Å²) in [6.45, 7) is 2.04. The smallest absolute Gasteiger partial charge is 0.263 e. The average molecular weight is 289 g/mol. The molecular weight excluding hydrogens is 275 g/mol. The van der Waals surface area contributed by atoms with Crippen molar-refractivity contribution in [3.63, 3.8) is 0 Å². The fourth-order valence-corrected chi connectivity index (χ4v) is 1.14. The van der Waals surface area contributed by atoms with E-state index < -0.39 is 0 Å². The Labute approximate surface area is 117 Å². The summed E-state index contributed by atoms with van der Waals surface area (Å²) in [6.07, 6.45) is 3.08. The van der Waals surface area contributed by atoms with Gasteiger partial charge in [0.05, 0.1) is 6.21 Å². The summed E-state index contributed by atoms with van der Waals surface area (Å²) in [5, 5.41) is 11.3. The molecule has 0 aliphatic heterocycles. The number of nitrogens with two attached hydrogens (primary N) is 1. The zero-order valence-corrected chi connectivity index (χ0v) is 11.3. The molecule has 0 saturated carbocycles. The minimum Gasteiger partial charge on any atom is -0.335 e. The summed E-state index contributed by atoms with van der Waals surface area (Å²) in [7, 11) is 0. The summed E-state index contributed by atoms with van der Waals surface area (Å²) < 4.78 is 1.26. The summed E-state index contributed by atoms with van der Waals surface area (Å²) in [6, 6.07) is 8.00. The van der Waals surface area contributed by atoms with Crippen molar-refractivity contribution in [2.24, 2.45) is 5.10 Å². The van der Waals surface area contributed by atoms with Gasteiger partial charge in [0.25, 0.3) is 5.95 Å². The van der Waals surface area contributed by atoms with Crippen LogP contribution in [0.15, 0.2) is 35.7 Å². The van der Waals surface area contributed by atoms with Gasteiger partial charge in [0.15, 0.2) is 0 Å². The number of nitrogens with zero attached hydrogens (tertiary/aromatic N) is 4. The summed E-state index contributed by atoms with van der Waals surface area (Å²) in [5.41, 5.74) is 4.91. The number of aryl methyl sites for hydroxylation is 1. The predicted octanol–water partition coefficient (Wildman–Crippen LogP) is 1.59. The lowest BCUT2D eigenvalue weighted by Crippen LogP contribution is -2.10. The second kappa shape index (κ2) is 7.52. The molecule has 2 aromatic rings. The van der Waals surface area contributed by atoms with Gasteiger partial charge in [-0.2, -0.15) is 5.10 Å². The summed E-state index contributed by atoms with van der Waals surface area (Å²) >= 11 is 0. The van der Waals surface area contributed by atoms with Crippen molar-refractivity contribution in [3.05, 3.63) is 41.7 Å². The van der Waals surface area contributed by atoms with E-state index in [9.17, 15) is 0 Å². The molecular formula is C10H14Cl2N6. The molecule has 18 heavy (non-hydrogen) atoms. The number of anilines is 1. The first-order valence-electron chi connectivity index (χ1n) is 4.76. The van der Waals surface area contributed by atoms with Crippen LogP contribution in [0.2, 0.25) is 0 Å². The number of aromatic nitrogens is 3. The number of halogens is 2. The van der Waals surface area contributed by atoms with E-state index >= 15 is 0 Å². The Bertz CT molecular complexity index is 493. The molecule has 0 fully saturated rings. The molecule has 8 heteroatoms. The average Bonchev–Trinajstić information content (AvgIpc) is 2.68. The van der Waals surface area contributed by atoms with Crippen LogP contribution in [-0.4, -0.2) is 21.1 Å². The Morgan fingerprint density at radius 3 is 2.50 bits per heavy atom. The number of hydrazone groups is 1. The fraction of sp³-hybridized carbons (Fsp3) is 0.100. The normalized spacial score (nSPS) is 9.61. The van der Waals surface area contributed by atoms with Crippen LogP contribution in [0, 0.1) is 6.92 Å². The van der Waals surface area contributed by atoms with Gasteiger partial charge in [-0.3, -0.25) is 0 Å². The van der Waals surface area contributed by atoms with E-state index in [-0.39, 0.29) is 24.8 Å². The lowest BCUT2D eigenvalue weighted by atomic mass is 10.2. The highest BCUT2D eigenvalue weighted by atomic mass is 35.5. The molecule has 0 radical (unpaired) electrons. The van der Waals surface area contributed by atoms with Crippen LogP contribution in [0.5, 0.6) is 0 Å². The highest BCUT2D eigenvalue weighted by Crippen LogP contribution is 2.01. The van der Waals surface area contributed by atoms with E-state index in [1.807, 2.05) is 31.2 Å². The Hall–Kier alpha value is -1.79. The molecule has 2 rings (SSSR count). The van der Waals surface area contributed by atoms with Crippen molar-refractivity contribution in [1.82, 2.24) is 14.9 Å². The van der Waals surface area contributed by atoms with Gasteiger partial charge >= 0.3 is 0 Å². The molecule has 3 N–H and O–H groups in total. The molecule has 1 aromatic carbocycles. The molecule has 0 amide bonds. The Morgan fingerprint density at radius 1 is 1.28 bits per heavy atom. The van der Waals surface area contributed by atoms with Gasteiger partial charge in [0.2, 0.25) is 0 Å². The van der Waals surface area contributed by atoms with Crippen LogP contribution >= 0.6 is 24.8 Å². The number of nitrogens with one attached hydrogen (secondary N) is 1. The highest BCUT2D eigenvalue weighted by Gasteiger charge is 1.96. The molecule has 1 aromatic heterocycles. The van der Waals surface area contributed by atoms with E-state index in [2.05, 4.69) is 20.7 Å². The second-order valence-electron chi connectivity index (χ2n) is 3.34. The van der Waals surface area contributed by atoms with Crippen LogP contribution in [0.3, 0.4) is 0 Å². The van der Waals surface area contributed by atoms with Gasteiger partial charge < -0.3 is 5.84 Å². The standard InChI is InChI=1S/C10H12N6.2ClH/c1-8-2-4-9(5-3-8)6-12-14-10-15-13-7-16(10)11;;/h2-7H,11H2,1H3,(H,14,15);2*1H. The Morgan fingerprint density at radius 2 is 1.94 bits per heavy atom. The van der Waals surface area contributed by atoms with Crippen LogP contribution in [0.1, 0.15) is 11.1 Å². The topological polar surface area (TPSA) is 81.1 Å². The Balaban J connectivity index is 0.00000144. The van der Waals surface area contributed by atoms with Gasteiger partial charge in [0.1, 0.15) is 6.33 Å². The third kappa shape index (κ3) is 4.23. The van der Waals surface area contributed by atoms with E-state index in [1.54, 1.807) is 6.21 Å². The van der Waals surface area contributed by atoms with E-state index in [0.29, 0.717) is 5.95 Å². The fourth-order valence-electron chi connectivity index (χ4n) is 1.14. The van der Waals surface area contributed by atoms with Crippen molar-refractivity contribution < 1.29 is 0 Å². The zero-order valence-electron chi connectivity index (χ0n) is 9.65. The highest BCUT2D eigenvalue weighted by molar-refractivity contribution is 5.85. The van der Waals surface area contributed by atoms with E-state index in [0.717, 1.165) is 5.56 Å². The third-order valence-electron chi connectivity index (χ3n) is 2.03. The number of rotatable bonds is 3. The molecule has 0 aliphatic carbocycles. The number of benzene rings is 1. The van der Waals surface area contributed by atoms with Gasteiger partial charge in [0, 0.05) is 0 Å². The molecule has 0 atom stereocenters. The Kier molecular flexibility index (Phi) is 6.77. The predicted molar refractivity (Wildman–Crippen MR) is 77.1 cm³/mol. The minimum absolute atomic E-state index is 0. The van der Waals surface area contributed by atoms with E-state index in [1.165, 1.54) is 16.6 Å². The SMILES string of the molecule is Cc1ccc(C=NNc2nncn2N)cc1.Cl.Cl. The maximum Gasteiger partial charge on any atom is 0.263 e. The largest absolute Gasteiger partial charge is 0.335 e. The zero-order chi connectivity index (χ0) is 11.4. The van der Waals surface area contributed by atoms with Crippen molar-refractivity contribution in [2.45, 2.75) is 6.92 Å². The first-order chi connectivity index (χ1) is 7.75. The lowest BCUT2D eigenvalue weighted by Gasteiger charge is -1.97. The van der Waals surface area contributed by atoms with E-state index in [4.69, 9.17) is 5.84 Å². The van der Waals surface area contributed by atoms with Crippen LogP contribution in [0.4, 0.5) is 5.95 Å². The molecule has 0 unspecified atom stereocenters. The van der Waals surface area contributed by atoms with Crippen molar-refractivity contribution in [3.8, 4) is 0 Å². The van der Waals surface area contributed by atoms with Gasteiger partial charge in [-0.25, -0.2) is 10.1 Å². The molecule has 1 heterocycles. The van der Waals surface area contributed by atoms with Crippen LogP contribution < -0.4 is 11.3 Å². The molecule has 0 saturated heterocycles. The number of nitrogen functional groups attached to an aromatic ring is 1. The van der Waals surface area contributed by atoms with Gasteiger partial charge in [-0.15, -0.1) is 35.0 Å². The van der Waals surface area contributed by atoms with Crippen molar-refractivity contribution in [2.75, 3.05) is 11.3 Å². The first kappa shape index (κ1) is 16.2. The first-order valence-corrected chi connectivity index (χ1v) is 4.76. The second-order valence-corrected chi connectivity index (χ2v) is 3.34. The van der Waals surface area contributed by atoms with Crippen LogP contribution in [0.25, 0.3) is 0 Å². The molecule has 0 aliphatic rings. The quantitative estimate of drug-likeness (QED) is 0.511. The number of hydrogen-bond acceptors (Lipinski definition) is 5. The lowest BCUT2D eigenvalue weighted by molar-refractivity contribution is 0.988. The maximum absolute atomic E-state index is 5.50. The maximum atomic E-state index is 5.50. The van der Waals surface area contributed by atoms with Gasteiger partial charge in [-0.05, 0) is 12.5 Å². The summed E-state index contributed by atoms with van der Waals surface area (Å²) in [5.74, 6) is 5.89. The molecule has 0 spiro atoms. The van der Waals surface area contributed by atoms with Crippen molar-refractivity contribution in [1.29, 1.82) is 0 Å². The van der Waals surface area contributed by atoms with Crippen LogP contribution in [-0.2, 0) is 0 Å². The third-order valence-corrected chi connectivity index (χ3v) is 2.03. The minimum atomic E-state index is 0. The summed E-state index contributed by atoms with van der Waals surface area (Å²) in [4.78, 5) is 0. The van der Waals surface area contributed by atoms with Gasteiger partial charge in [-0.1, -0.05) is 29.8 Å². The monoisotopic (exact) mass is 288 g/mol. The number of hydrogen-bond donors (Lipinski definition) is 2.